The van der Waals surface area contributed by atoms with Gasteiger partial charge in [0.15, 0.2) is 0 Å². The molecule has 1 aliphatic rings. The minimum absolute atomic E-state index is 0.374. The quantitative estimate of drug-likeness (QED) is 0.0893. The van der Waals surface area contributed by atoms with E-state index in [-0.39, 0.29) is 5.41 Å². The highest BCUT2D eigenvalue weighted by molar-refractivity contribution is 6.27. The van der Waals surface area contributed by atoms with Crippen molar-refractivity contribution in [3.63, 3.8) is 0 Å². The van der Waals surface area contributed by atoms with Crippen molar-refractivity contribution in [2.24, 2.45) is 4.99 Å². The Balaban J connectivity index is 1.23. The Bertz CT molecular complexity index is 2960. The van der Waals surface area contributed by atoms with Crippen LogP contribution in [0.25, 0.3) is 70.9 Å². The van der Waals surface area contributed by atoms with Crippen molar-refractivity contribution in [1.29, 1.82) is 0 Å². The van der Waals surface area contributed by atoms with Gasteiger partial charge in [-0.1, -0.05) is 154 Å². The Morgan fingerprint density at radius 3 is 2.11 bits per heavy atom. The maximum absolute atomic E-state index is 4.71. The SMILES string of the molecule is C=C/C=C(\C=C/C)c1ccc2ccc3c(-c4cccc5c(-c6ccc7c(c6)C(C)(C)C(C=C)=C(N=C)N7c6ccccn6)cccc45)ccc4ccc1c2c43. The molecule has 0 aliphatic carbocycles. The number of hydrogen-bond donors (Lipinski definition) is 0. The van der Waals surface area contributed by atoms with Gasteiger partial charge in [0, 0.05) is 17.2 Å². The molecule has 3 heteroatoms. The third-order valence-corrected chi connectivity index (χ3v) is 11.4. The van der Waals surface area contributed by atoms with Gasteiger partial charge in [-0.3, -0.25) is 4.90 Å². The molecule has 264 valence electrons. The molecule has 7 aromatic carbocycles. The number of pyridine rings is 1. The second kappa shape index (κ2) is 13.2. The van der Waals surface area contributed by atoms with E-state index in [1.54, 1.807) is 0 Å². The molecule has 1 aromatic heterocycles. The number of benzene rings is 7. The predicted molar refractivity (Wildman–Crippen MR) is 238 cm³/mol. The lowest BCUT2D eigenvalue weighted by Gasteiger charge is -2.41. The van der Waals surface area contributed by atoms with Crippen LogP contribution in [0.1, 0.15) is 31.9 Å². The van der Waals surface area contributed by atoms with E-state index in [0.29, 0.717) is 0 Å². The van der Waals surface area contributed by atoms with Gasteiger partial charge in [-0.15, -0.1) is 0 Å². The Labute approximate surface area is 322 Å². The van der Waals surface area contributed by atoms with Gasteiger partial charge in [0.2, 0.25) is 0 Å². The summed E-state index contributed by atoms with van der Waals surface area (Å²) in [4.78, 5) is 11.3. The highest BCUT2D eigenvalue weighted by Crippen LogP contribution is 2.50. The second-order valence-electron chi connectivity index (χ2n) is 14.7. The summed E-state index contributed by atoms with van der Waals surface area (Å²) in [6.07, 6.45) is 11.9. The Hall–Kier alpha value is -6.84. The molecule has 0 bridgehead atoms. The third kappa shape index (κ3) is 5.19. The first-order valence-electron chi connectivity index (χ1n) is 18.8. The predicted octanol–water partition coefficient (Wildman–Crippen LogP) is 14.1. The monoisotopic (exact) mass is 707 g/mol. The molecule has 0 fully saturated rings. The fourth-order valence-electron chi connectivity index (χ4n) is 8.90. The highest BCUT2D eigenvalue weighted by Gasteiger charge is 2.38. The van der Waals surface area contributed by atoms with E-state index in [9.17, 15) is 0 Å². The molecule has 2 heterocycles. The van der Waals surface area contributed by atoms with Crippen LogP contribution in [0.5, 0.6) is 0 Å². The number of aromatic nitrogens is 1. The lowest BCUT2D eigenvalue weighted by Crippen LogP contribution is -2.33. The van der Waals surface area contributed by atoms with Crippen molar-refractivity contribution in [3.8, 4) is 22.3 Å². The van der Waals surface area contributed by atoms with Crippen LogP contribution in [0.4, 0.5) is 11.5 Å². The molecule has 8 aromatic rings. The summed E-state index contributed by atoms with van der Waals surface area (Å²) in [6.45, 7) is 18.7. The molecule has 0 saturated heterocycles. The fraction of sp³-hybridized carbons (Fsp3) is 0.0769. The average Bonchev–Trinajstić information content (AvgIpc) is 3.22. The molecule has 0 atom stereocenters. The van der Waals surface area contributed by atoms with Crippen LogP contribution in [0.3, 0.4) is 0 Å². The maximum Gasteiger partial charge on any atom is 0.142 e. The minimum atomic E-state index is -0.374. The summed E-state index contributed by atoms with van der Waals surface area (Å²) in [5.74, 6) is 1.55. The summed E-state index contributed by atoms with van der Waals surface area (Å²) in [6, 6.07) is 44.4. The Morgan fingerprint density at radius 2 is 1.40 bits per heavy atom. The van der Waals surface area contributed by atoms with Crippen molar-refractivity contribution in [1.82, 2.24) is 4.98 Å². The van der Waals surface area contributed by atoms with E-state index in [2.05, 4.69) is 172 Å². The van der Waals surface area contributed by atoms with Crippen LogP contribution in [-0.2, 0) is 5.41 Å². The van der Waals surface area contributed by atoms with E-state index in [1.807, 2.05) is 36.5 Å². The number of allylic oxidation sites excluding steroid dienone is 7. The lowest BCUT2D eigenvalue weighted by atomic mass is 9.73. The molecule has 3 nitrogen and oxygen atoms in total. The van der Waals surface area contributed by atoms with Crippen molar-refractivity contribution in [3.05, 3.63) is 194 Å². The Morgan fingerprint density at radius 1 is 0.709 bits per heavy atom. The van der Waals surface area contributed by atoms with E-state index < -0.39 is 0 Å². The summed E-state index contributed by atoms with van der Waals surface area (Å²) in [5.41, 5.74) is 10.0. The van der Waals surface area contributed by atoms with Crippen LogP contribution in [0, 0.1) is 0 Å². The van der Waals surface area contributed by atoms with Crippen molar-refractivity contribution < 1.29 is 0 Å². The standard InChI is InChI=1S/C52H41N3/c1-7-14-33(15-8-2)38-26-21-34-24-29-44-42(27-22-35-23-28-43(38)49(34)50(35)44)41-19-13-17-39-37(16-12-18-40(39)41)36-25-30-47-46(32-36)52(4,5)45(9-3)51(53-6)55(47)48-20-10-11-31-54-48/h7-32H,1,3,6H2,2,4-5H3/b15-8-,33-14+. The van der Waals surface area contributed by atoms with Gasteiger partial charge in [0.05, 0.1) is 5.69 Å². The number of anilines is 2. The maximum atomic E-state index is 4.71. The zero-order valence-corrected chi connectivity index (χ0v) is 31.5. The molecule has 0 unspecified atom stereocenters. The van der Waals surface area contributed by atoms with E-state index >= 15 is 0 Å². The van der Waals surface area contributed by atoms with E-state index in [4.69, 9.17) is 4.98 Å². The zero-order chi connectivity index (χ0) is 37.8. The molecule has 0 saturated carbocycles. The molecular formula is C52H41N3. The largest absolute Gasteiger partial charge is 0.278 e. The first kappa shape index (κ1) is 34.0. The summed E-state index contributed by atoms with van der Waals surface area (Å²) in [5, 5.41) is 10.0. The lowest BCUT2D eigenvalue weighted by molar-refractivity contribution is 0.616. The van der Waals surface area contributed by atoms with E-state index in [1.165, 1.54) is 70.9 Å². The van der Waals surface area contributed by atoms with Crippen molar-refractivity contribution in [2.75, 3.05) is 4.90 Å². The van der Waals surface area contributed by atoms with E-state index in [0.717, 1.165) is 34.0 Å². The number of aliphatic imine (C=N–C) groups is 1. The zero-order valence-electron chi connectivity index (χ0n) is 31.5. The summed E-state index contributed by atoms with van der Waals surface area (Å²) in [7, 11) is 0. The molecule has 9 rings (SSSR count). The molecule has 0 radical (unpaired) electrons. The van der Waals surface area contributed by atoms with Crippen LogP contribution < -0.4 is 4.90 Å². The molecule has 0 amide bonds. The number of rotatable bonds is 8. The Kier molecular flexibility index (Phi) is 8.17. The normalized spacial score (nSPS) is 14.4. The second-order valence-corrected chi connectivity index (χ2v) is 14.7. The highest BCUT2D eigenvalue weighted by atomic mass is 15.3. The molecule has 0 spiro atoms. The van der Waals surface area contributed by atoms with Crippen LogP contribution >= 0.6 is 0 Å². The van der Waals surface area contributed by atoms with Gasteiger partial charge >= 0.3 is 0 Å². The molecular weight excluding hydrogens is 667 g/mol. The van der Waals surface area contributed by atoms with Gasteiger partial charge < -0.3 is 0 Å². The molecule has 1 aliphatic heterocycles. The number of fused-ring (bicyclic) bond motifs is 2. The third-order valence-electron chi connectivity index (χ3n) is 11.4. The molecule has 0 N–H and O–H groups in total. The van der Waals surface area contributed by atoms with Crippen LogP contribution in [0.2, 0.25) is 0 Å². The summed E-state index contributed by atoms with van der Waals surface area (Å²) < 4.78 is 0. The van der Waals surface area contributed by atoms with Crippen LogP contribution in [-0.4, -0.2) is 11.7 Å². The van der Waals surface area contributed by atoms with Gasteiger partial charge in [-0.25, -0.2) is 9.98 Å². The topological polar surface area (TPSA) is 28.5 Å². The first-order valence-corrected chi connectivity index (χ1v) is 18.8. The number of nitrogens with zero attached hydrogens (tertiary/aromatic N) is 3. The fourth-order valence-corrected chi connectivity index (χ4v) is 8.90. The van der Waals surface area contributed by atoms with Crippen molar-refractivity contribution >= 4 is 66.9 Å². The first-order chi connectivity index (χ1) is 26.9. The molecule has 55 heavy (non-hydrogen) atoms. The smallest absolute Gasteiger partial charge is 0.142 e. The van der Waals surface area contributed by atoms with Gasteiger partial charge in [0.1, 0.15) is 11.6 Å². The van der Waals surface area contributed by atoms with Crippen LogP contribution in [0.15, 0.2) is 187 Å². The number of hydrogen-bond acceptors (Lipinski definition) is 3. The van der Waals surface area contributed by atoms with Gasteiger partial charge in [0.25, 0.3) is 0 Å². The van der Waals surface area contributed by atoms with Gasteiger partial charge in [-0.05, 0) is 120 Å². The average molecular weight is 708 g/mol. The minimum Gasteiger partial charge on any atom is -0.278 e. The summed E-state index contributed by atoms with van der Waals surface area (Å²) >= 11 is 0. The van der Waals surface area contributed by atoms with Crippen molar-refractivity contribution in [2.45, 2.75) is 26.2 Å². The van der Waals surface area contributed by atoms with Gasteiger partial charge in [-0.2, -0.15) is 0 Å².